The fourth-order valence-electron chi connectivity index (χ4n) is 11.9. The quantitative estimate of drug-likeness (QED) is 0.356. The van der Waals surface area contributed by atoms with Gasteiger partial charge in [0.25, 0.3) is 0 Å². The summed E-state index contributed by atoms with van der Waals surface area (Å²) in [5.74, 6) is 4.28. The van der Waals surface area contributed by atoms with Crippen molar-refractivity contribution in [2.45, 2.75) is 114 Å². The van der Waals surface area contributed by atoms with Crippen LogP contribution in [-0.2, 0) is 14.4 Å². The van der Waals surface area contributed by atoms with Crippen LogP contribution in [0.5, 0.6) is 0 Å². The van der Waals surface area contributed by atoms with Crippen LogP contribution in [0.15, 0.2) is 0 Å². The van der Waals surface area contributed by atoms with Gasteiger partial charge in [0, 0.05) is 17.3 Å². The number of carbonyl (C=O) groups is 3. The third-order valence-electron chi connectivity index (χ3n) is 13.9. The van der Waals surface area contributed by atoms with E-state index in [9.17, 15) is 14.4 Å². The highest BCUT2D eigenvalue weighted by Gasteiger charge is 2.70. The van der Waals surface area contributed by atoms with Gasteiger partial charge >= 0.3 is 0 Å². The maximum absolute atomic E-state index is 14.7. The Morgan fingerprint density at radius 1 is 0.784 bits per heavy atom. The van der Waals surface area contributed by atoms with Crippen LogP contribution in [0.25, 0.3) is 0 Å². The largest absolute Gasteiger partial charge is 0.299 e. The van der Waals surface area contributed by atoms with Crippen molar-refractivity contribution in [2.75, 3.05) is 0 Å². The summed E-state index contributed by atoms with van der Waals surface area (Å²) in [6.07, 6.45) is 9.49. The molecule has 0 N–H and O–H groups in total. The zero-order valence-electron chi connectivity index (χ0n) is 25.2. The number of hydrogen-bond acceptors (Lipinski definition) is 3. The molecule has 208 valence electrons. The molecule has 0 bridgehead atoms. The van der Waals surface area contributed by atoms with E-state index in [1.54, 1.807) is 6.92 Å². The summed E-state index contributed by atoms with van der Waals surface area (Å²) in [5.41, 5.74) is -0.843. The lowest BCUT2D eigenvalue weighted by molar-refractivity contribution is -0.203. The Balaban J connectivity index is 1.52. The predicted octanol–water partition coefficient (Wildman–Crippen LogP) is 7.80. The Labute approximate surface area is 226 Å². The van der Waals surface area contributed by atoms with Gasteiger partial charge in [-0.05, 0) is 110 Å². The first-order valence-electron chi connectivity index (χ1n) is 15.7. The van der Waals surface area contributed by atoms with Crippen LogP contribution in [0.4, 0.5) is 0 Å². The molecule has 14 unspecified atom stereocenters. The number of carbonyl (C=O) groups excluding carboxylic acids is 3. The van der Waals surface area contributed by atoms with Crippen LogP contribution < -0.4 is 0 Å². The average molecular weight is 511 g/mol. The molecule has 0 spiro atoms. The highest BCUT2D eigenvalue weighted by molar-refractivity contribution is 6.05. The Morgan fingerprint density at radius 3 is 2.05 bits per heavy atom. The van der Waals surface area contributed by atoms with E-state index in [2.05, 4.69) is 55.4 Å². The molecule has 3 heteroatoms. The zero-order chi connectivity index (χ0) is 27.2. The van der Waals surface area contributed by atoms with Crippen molar-refractivity contribution in [3.8, 4) is 0 Å². The summed E-state index contributed by atoms with van der Waals surface area (Å²) in [6.45, 7) is 20.0. The topological polar surface area (TPSA) is 51.2 Å². The smallest absolute Gasteiger partial charge is 0.150 e. The second kappa shape index (κ2) is 9.02. The highest BCUT2D eigenvalue weighted by atomic mass is 16.2. The van der Waals surface area contributed by atoms with Crippen molar-refractivity contribution in [3.63, 3.8) is 0 Å². The number of fused-ring (bicyclic) bond motifs is 3. The fourth-order valence-corrected chi connectivity index (χ4v) is 11.9. The standard InChI is InChI=1S/C34H54O3/c1-18-10-12-24(14-20(18)3)25-13-11-19(2)28-26(25)16-32(7)17-33(8)15-21(4)27(23(6)35)31(37)34(33,9)22(5)29(32)30(28)36/h18-22,24-29H,10-17H2,1-9H3. The molecule has 0 aromatic heterocycles. The summed E-state index contributed by atoms with van der Waals surface area (Å²) in [6, 6.07) is 0. The molecule has 0 amide bonds. The normalized spacial score (nSPS) is 56.2. The Morgan fingerprint density at radius 2 is 1.43 bits per heavy atom. The third kappa shape index (κ3) is 3.81. The summed E-state index contributed by atoms with van der Waals surface area (Å²) < 4.78 is 0. The minimum atomic E-state index is -0.616. The first-order chi connectivity index (χ1) is 17.2. The summed E-state index contributed by atoms with van der Waals surface area (Å²) >= 11 is 0. The number of ketones is 3. The van der Waals surface area contributed by atoms with E-state index in [4.69, 9.17) is 0 Å². The predicted molar refractivity (Wildman–Crippen MR) is 149 cm³/mol. The molecule has 0 saturated heterocycles. The van der Waals surface area contributed by atoms with E-state index in [0.717, 1.165) is 37.0 Å². The number of rotatable bonds is 2. The maximum Gasteiger partial charge on any atom is 0.150 e. The Hall–Kier alpha value is -0.990. The molecule has 37 heavy (non-hydrogen) atoms. The van der Waals surface area contributed by atoms with Crippen molar-refractivity contribution < 1.29 is 14.4 Å². The molecule has 0 aromatic rings. The van der Waals surface area contributed by atoms with Gasteiger partial charge in [0.1, 0.15) is 17.3 Å². The lowest BCUT2D eigenvalue weighted by atomic mass is 9.34. The molecular formula is C34H54O3. The van der Waals surface area contributed by atoms with E-state index in [-0.39, 0.29) is 46.1 Å². The van der Waals surface area contributed by atoms with Gasteiger partial charge in [-0.3, -0.25) is 14.4 Å². The summed E-state index contributed by atoms with van der Waals surface area (Å²) in [4.78, 5) is 41.5. The van der Waals surface area contributed by atoms with Crippen molar-refractivity contribution in [3.05, 3.63) is 0 Å². The highest BCUT2D eigenvalue weighted by Crippen LogP contribution is 2.71. The van der Waals surface area contributed by atoms with Crippen molar-refractivity contribution in [1.29, 1.82) is 0 Å². The molecule has 0 heterocycles. The van der Waals surface area contributed by atoms with Crippen molar-refractivity contribution >= 4 is 17.3 Å². The average Bonchev–Trinajstić information content (AvgIpc) is 2.78. The van der Waals surface area contributed by atoms with E-state index >= 15 is 0 Å². The molecule has 5 saturated carbocycles. The third-order valence-corrected chi connectivity index (χ3v) is 13.9. The lowest BCUT2D eigenvalue weighted by Gasteiger charge is -2.68. The van der Waals surface area contributed by atoms with E-state index in [0.29, 0.717) is 23.5 Å². The number of hydrogen-bond donors (Lipinski definition) is 0. The second-order valence-electron chi connectivity index (χ2n) is 16.0. The molecule has 0 radical (unpaired) electrons. The second-order valence-corrected chi connectivity index (χ2v) is 16.0. The lowest BCUT2D eigenvalue weighted by Crippen LogP contribution is -2.68. The van der Waals surface area contributed by atoms with Gasteiger partial charge in [-0.2, -0.15) is 0 Å². The van der Waals surface area contributed by atoms with Crippen molar-refractivity contribution in [2.24, 2.45) is 81.3 Å². The van der Waals surface area contributed by atoms with Gasteiger partial charge in [0.05, 0.1) is 5.92 Å². The van der Waals surface area contributed by atoms with Crippen LogP contribution in [0.2, 0.25) is 0 Å². The maximum atomic E-state index is 14.7. The van der Waals surface area contributed by atoms with Gasteiger partial charge in [-0.25, -0.2) is 0 Å². The fraction of sp³-hybridized carbons (Fsp3) is 0.912. The SMILES string of the molecule is CC(=O)C1C(=O)C2(C)C(C)C3C(=O)C4C(C)CCC(C5CCC(C)C(C)C5)C4CC3(C)CC2(C)CC1C. The van der Waals surface area contributed by atoms with Crippen LogP contribution in [0.1, 0.15) is 114 Å². The van der Waals surface area contributed by atoms with Gasteiger partial charge in [-0.1, -0.05) is 61.8 Å². The molecule has 0 aliphatic heterocycles. The van der Waals surface area contributed by atoms with Crippen LogP contribution >= 0.6 is 0 Å². The molecule has 5 aliphatic rings. The van der Waals surface area contributed by atoms with Gasteiger partial charge < -0.3 is 0 Å². The minimum Gasteiger partial charge on any atom is -0.299 e. The summed E-state index contributed by atoms with van der Waals surface area (Å²) in [5, 5.41) is 0. The number of Topliss-reactive ketones (excluding diaryl/α,β-unsaturated/α-hetero) is 3. The van der Waals surface area contributed by atoms with Gasteiger partial charge in [0.2, 0.25) is 0 Å². The van der Waals surface area contributed by atoms with Crippen LogP contribution in [0.3, 0.4) is 0 Å². The molecule has 14 atom stereocenters. The summed E-state index contributed by atoms with van der Waals surface area (Å²) in [7, 11) is 0. The first-order valence-corrected chi connectivity index (χ1v) is 15.7. The zero-order valence-corrected chi connectivity index (χ0v) is 25.2. The van der Waals surface area contributed by atoms with Gasteiger partial charge in [-0.15, -0.1) is 0 Å². The molecular weight excluding hydrogens is 456 g/mol. The molecule has 5 fully saturated rings. The Bertz CT molecular complexity index is 968. The molecule has 5 aliphatic carbocycles. The molecule has 3 nitrogen and oxygen atoms in total. The molecule has 0 aromatic carbocycles. The van der Waals surface area contributed by atoms with E-state index < -0.39 is 11.3 Å². The van der Waals surface area contributed by atoms with Gasteiger partial charge in [0.15, 0.2) is 0 Å². The van der Waals surface area contributed by atoms with E-state index in [1.165, 1.54) is 32.1 Å². The van der Waals surface area contributed by atoms with Crippen LogP contribution in [-0.4, -0.2) is 17.3 Å². The van der Waals surface area contributed by atoms with Crippen LogP contribution in [0, 0.1) is 81.3 Å². The monoisotopic (exact) mass is 510 g/mol. The Kier molecular flexibility index (Phi) is 6.72. The first kappa shape index (κ1) is 27.6. The minimum absolute atomic E-state index is 0.0103. The van der Waals surface area contributed by atoms with E-state index in [1.807, 2.05) is 0 Å². The van der Waals surface area contributed by atoms with Crippen molar-refractivity contribution in [1.82, 2.24) is 0 Å². The molecule has 5 rings (SSSR count).